The van der Waals surface area contributed by atoms with Crippen LogP contribution in [0.3, 0.4) is 0 Å². The lowest BCUT2D eigenvalue weighted by molar-refractivity contribution is 0.326. The standard InChI is InChI=1S/C17H18ClN3OS/c1-11(10-19)23-17-20-15-9-12(18)7-8-14(15)16(22)21(17)13-5-3-2-4-6-13/h7-9,11,13H,2-6H2,1H3/t11-/m1/s1. The summed E-state index contributed by atoms with van der Waals surface area (Å²) in [5.74, 6) is 0. The number of thioether (sulfide) groups is 1. The lowest BCUT2D eigenvalue weighted by atomic mass is 9.95. The molecule has 0 bridgehead atoms. The molecule has 23 heavy (non-hydrogen) atoms. The second kappa shape index (κ2) is 6.94. The predicted molar refractivity (Wildman–Crippen MR) is 94.1 cm³/mol. The van der Waals surface area contributed by atoms with Crippen molar-refractivity contribution >= 4 is 34.3 Å². The Bertz CT molecular complexity index is 821. The zero-order valence-corrected chi connectivity index (χ0v) is 14.5. The van der Waals surface area contributed by atoms with E-state index in [2.05, 4.69) is 11.1 Å². The van der Waals surface area contributed by atoms with Gasteiger partial charge in [0.05, 0.1) is 22.2 Å². The van der Waals surface area contributed by atoms with Crippen molar-refractivity contribution in [3.05, 3.63) is 33.6 Å². The van der Waals surface area contributed by atoms with E-state index in [1.807, 2.05) is 11.5 Å². The zero-order chi connectivity index (χ0) is 16.4. The monoisotopic (exact) mass is 347 g/mol. The van der Waals surface area contributed by atoms with Gasteiger partial charge in [-0.15, -0.1) is 0 Å². The molecule has 1 aliphatic rings. The van der Waals surface area contributed by atoms with Crippen LogP contribution in [-0.4, -0.2) is 14.8 Å². The van der Waals surface area contributed by atoms with Crippen molar-refractivity contribution in [1.29, 1.82) is 5.26 Å². The second-order valence-electron chi connectivity index (χ2n) is 5.91. The molecule has 0 saturated heterocycles. The summed E-state index contributed by atoms with van der Waals surface area (Å²) in [6, 6.07) is 7.56. The van der Waals surface area contributed by atoms with Gasteiger partial charge in [-0.2, -0.15) is 5.26 Å². The van der Waals surface area contributed by atoms with E-state index in [4.69, 9.17) is 16.9 Å². The molecule has 1 saturated carbocycles. The molecule has 4 nitrogen and oxygen atoms in total. The molecule has 1 fully saturated rings. The number of fused-ring (bicyclic) bond motifs is 1. The highest BCUT2D eigenvalue weighted by Crippen LogP contribution is 2.32. The molecule has 6 heteroatoms. The summed E-state index contributed by atoms with van der Waals surface area (Å²) in [6.07, 6.45) is 5.48. The summed E-state index contributed by atoms with van der Waals surface area (Å²) in [7, 11) is 0. The Balaban J connectivity index is 2.19. The molecule has 0 unspecified atom stereocenters. The van der Waals surface area contributed by atoms with Crippen LogP contribution in [0.4, 0.5) is 0 Å². The first kappa shape index (κ1) is 16.4. The smallest absolute Gasteiger partial charge is 0.262 e. The number of rotatable bonds is 3. The third-order valence-corrected chi connectivity index (χ3v) is 5.43. The summed E-state index contributed by atoms with van der Waals surface area (Å²) >= 11 is 7.38. The normalized spacial score (nSPS) is 17.1. The third-order valence-electron chi connectivity index (χ3n) is 4.23. The molecule has 1 aromatic heterocycles. The van der Waals surface area contributed by atoms with Crippen LogP contribution in [0.5, 0.6) is 0 Å². The Morgan fingerprint density at radius 1 is 1.39 bits per heavy atom. The molecular formula is C17H18ClN3OS. The van der Waals surface area contributed by atoms with E-state index in [0.29, 0.717) is 21.1 Å². The molecule has 1 atom stereocenters. The first-order valence-corrected chi connectivity index (χ1v) is 9.14. The van der Waals surface area contributed by atoms with Gasteiger partial charge < -0.3 is 0 Å². The first-order valence-electron chi connectivity index (χ1n) is 7.88. The highest BCUT2D eigenvalue weighted by atomic mass is 35.5. The molecule has 2 aromatic rings. The molecule has 0 N–H and O–H groups in total. The predicted octanol–water partition coefficient (Wildman–Crippen LogP) is 4.56. The van der Waals surface area contributed by atoms with Gasteiger partial charge in [0.2, 0.25) is 0 Å². The van der Waals surface area contributed by atoms with Crippen molar-refractivity contribution in [2.75, 3.05) is 0 Å². The van der Waals surface area contributed by atoms with Crippen molar-refractivity contribution in [2.45, 2.75) is 55.5 Å². The largest absolute Gasteiger partial charge is 0.284 e. The van der Waals surface area contributed by atoms with Crippen LogP contribution in [0, 0.1) is 11.3 Å². The molecule has 3 rings (SSSR count). The Morgan fingerprint density at radius 3 is 2.83 bits per heavy atom. The average molecular weight is 348 g/mol. The van der Waals surface area contributed by atoms with Gasteiger partial charge >= 0.3 is 0 Å². The van der Waals surface area contributed by atoms with Crippen LogP contribution < -0.4 is 5.56 Å². The van der Waals surface area contributed by atoms with Gasteiger partial charge in [0.1, 0.15) is 0 Å². The summed E-state index contributed by atoms with van der Waals surface area (Å²) in [6.45, 7) is 1.82. The molecule has 120 valence electrons. The fourth-order valence-electron chi connectivity index (χ4n) is 3.08. The molecular weight excluding hydrogens is 330 g/mol. The van der Waals surface area contributed by atoms with E-state index in [-0.39, 0.29) is 16.9 Å². The van der Waals surface area contributed by atoms with Crippen LogP contribution in [0.25, 0.3) is 10.9 Å². The highest BCUT2D eigenvalue weighted by molar-refractivity contribution is 8.00. The minimum absolute atomic E-state index is 0.0220. The lowest BCUT2D eigenvalue weighted by Crippen LogP contribution is -2.29. The minimum Gasteiger partial charge on any atom is -0.284 e. The minimum atomic E-state index is -0.256. The highest BCUT2D eigenvalue weighted by Gasteiger charge is 2.23. The van der Waals surface area contributed by atoms with Gasteiger partial charge in [0.25, 0.3) is 5.56 Å². The van der Waals surface area contributed by atoms with Crippen molar-refractivity contribution in [3.8, 4) is 6.07 Å². The SMILES string of the molecule is C[C@H](C#N)Sc1nc2cc(Cl)ccc2c(=O)n1C1CCCCC1. The molecule has 1 heterocycles. The van der Waals surface area contributed by atoms with Crippen LogP contribution in [0.1, 0.15) is 45.1 Å². The van der Waals surface area contributed by atoms with Crippen molar-refractivity contribution in [3.63, 3.8) is 0 Å². The molecule has 0 radical (unpaired) electrons. The van der Waals surface area contributed by atoms with Crippen LogP contribution in [0.2, 0.25) is 5.02 Å². The average Bonchev–Trinajstić information content (AvgIpc) is 2.55. The number of nitriles is 1. The maximum absolute atomic E-state index is 13.0. The van der Waals surface area contributed by atoms with Crippen LogP contribution >= 0.6 is 23.4 Å². The summed E-state index contributed by atoms with van der Waals surface area (Å²) in [5, 5.41) is 10.6. The molecule has 0 spiro atoms. The van der Waals surface area contributed by atoms with Gasteiger partial charge in [-0.1, -0.05) is 42.6 Å². The number of nitrogens with zero attached hydrogens (tertiary/aromatic N) is 3. The van der Waals surface area contributed by atoms with E-state index in [1.165, 1.54) is 18.2 Å². The van der Waals surface area contributed by atoms with Crippen LogP contribution in [0.15, 0.2) is 28.2 Å². The number of benzene rings is 1. The second-order valence-corrected chi connectivity index (χ2v) is 7.66. The Morgan fingerprint density at radius 2 is 2.13 bits per heavy atom. The Kier molecular flexibility index (Phi) is 4.93. The maximum atomic E-state index is 13.0. The maximum Gasteiger partial charge on any atom is 0.262 e. The Labute approximate surface area is 144 Å². The van der Waals surface area contributed by atoms with Gasteiger partial charge in [-0.3, -0.25) is 9.36 Å². The third kappa shape index (κ3) is 3.39. The van der Waals surface area contributed by atoms with E-state index < -0.39 is 0 Å². The van der Waals surface area contributed by atoms with Crippen LogP contribution in [-0.2, 0) is 0 Å². The Hall–Kier alpha value is -1.51. The summed E-state index contributed by atoms with van der Waals surface area (Å²) < 4.78 is 1.81. The van der Waals surface area contributed by atoms with Crippen molar-refractivity contribution in [2.24, 2.45) is 0 Å². The summed E-state index contributed by atoms with van der Waals surface area (Å²) in [5.41, 5.74) is 0.577. The topological polar surface area (TPSA) is 58.7 Å². The molecule has 1 aromatic carbocycles. The van der Waals surface area contributed by atoms with E-state index in [0.717, 1.165) is 25.7 Å². The van der Waals surface area contributed by atoms with E-state index >= 15 is 0 Å². The summed E-state index contributed by atoms with van der Waals surface area (Å²) in [4.78, 5) is 17.7. The van der Waals surface area contributed by atoms with Gasteiger partial charge in [-0.05, 0) is 38.0 Å². The number of hydrogen-bond acceptors (Lipinski definition) is 4. The number of aromatic nitrogens is 2. The number of halogens is 1. The van der Waals surface area contributed by atoms with E-state index in [9.17, 15) is 4.79 Å². The molecule has 0 amide bonds. The lowest BCUT2D eigenvalue weighted by Gasteiger charge is -2.26. The van der Waals surface area contributed by atoms with Crippen molar-refractivity contribution < 1.29 is 0 Å². The first-order chi connectivity index (χ1) is 11.1. The zero-order valence-electron chi connectivity index (χ0n) is 13.0. The fourth-order valence-corrected chi connectivity index (χ4v) is 4.11. The number of hydrogen-bond donors (Lipinski definition) is 0. The molecule has 0 aliphatic heterocycles. The fraction of sp³-hybridized carbons (Fsp3) is 0.471. The van der Waals surface area contributed by atoms with Gasteiger partial charge in [-0.25, -0.2) is 4.98 Å². The quantitative estimate of drug-likeness (QED) is 0.603. The van der Waals surface area contributed by atoms with Crippen molar-refractivity contribution in [1.82, 2.24) is 9.55 Å². The van der Waals surface area contributed by atoms with E-state index in [1.54, 1.807) is 18.2 Å². The molecule has 1 aliphatic carbocycles. The van der Waals surface area contributed by atoms with Gasteiger partial charge in [0.15, 0.2) is 5.16 Å². The van der Waals surface area contributed by atoms with Gasteiger partial charge in [0, 0.05) is 11.1 Å².